The summed E-state index contributed by atoms with van der Waals surface area (Å²) in [5.74, 6) is 0.735. The maximum absolute atomic E-state index is 12.3. The Kier molecular flexibility index (Phi) is 4.73. The lowest BCUT2D eigenvalue weighted by molar-refractivity contribution is 0.229. The molecule has 0 saturated heterocycles. The van der Waals surface area contributed by atoms with Crippen molar-refractivity contribution in [2.75, 3.05) is 5.32 Å². The number of aromatic nitrogens is 4. The number of amides is 2. The minimum Gasteiger partial charge on any atom is -0.388 e. The van der Waals surface area contributed by atoms with E-state index in [4.69, 9.17) is 9.63 Å². The zero-order valence-electron chi connectivity index (χ0n) is 15.0. The molecule has 4 N–H and O–H groups in total. The number of hydrogen-bond donors (Lipinski definition) is 4. The van der Waals surface area contributed by atoms with Crippen LogP contribution in [0.5, 0.6) is 0 Å². The summed E-state index contributed by atoms with van der Waals surface area (Å²) in [7, 11) is 0. The lowest BCUT2D eigenvalue weighted by Gasteiger charge is -2.14. The highest BCUT2D eigenvalue weighted by atomic mass is 16.5. The van der Waals surface area contributed by atoms with Gasteiger partial charge in [0, 0.05) is 23.7 Å². The van der Waals surface area contributed by atoms with Gasteiger partial charge in [0.05, 0.1) is 11.6 Å². The summed E-state index contributed by atoms with van der Waals surface area (Å²) in [6.07, 6.45) is 1.59. The first-order valence-corrected chi connectivity index (χ1v) is 8.67. The molecule has 1 aromatic carbocycles. The predicted octanol–water partition coefficient (Wildman–Crippen LogP) is 2.99. The summed E-state index contributed by atoms with van der Waals surface area (Å²) in [4.78, 5) is 16.5. The third-order valence-electron chi connectivity index (χ3n) is 4.29. The van der Waals surface area contributed by atoms with Crippen LogP contribution in [-0.2, 0) is 6.61 Å². The fourth-order valence-electron chi connectivity index (χ4n) is 2.85. The molecular formula is C19H18N6O3. The average Bonchev–Trinajstić information content (AvgIpc) is 3.34. The molecule has 0 spiro atoms. The van der Waals surface area contributed by atoms with E-state index in [2.05, 4.69) is 31.0 Å². The third kappa shape index (κ3) is 3.55. The molecule has 0 aliphatic heterocycles. The highest BCUT2D eigenvalue weighted by molar-refractivity contribution is 5.95. The van der Waals surface area contributed by atoms with E-state index >= 15 is 0 Å². The Labute approximate surface area is 159 Å². The number of aliphatic hydroxyl groups excluding tert-OH is 1. The molecule has 142 valence electrons. The number of pyridine rings is 1. The van der Waals surface area contributed by atoms with E-state index < -0.39 is 0 Å². The van der Waals surface area contributed by atoms with Crippen LogP contribution < -0.4 is 10.6 Å². The monoisotopic (exact) mass is 378 g/mol. The number of nitrogens with one attached hydrogen (secondary N) is 3. The summed E-state index contributed by atoms with van der Waals surface area (Å²) in [5, 5.41) is 26.4. The highest BCUT2D eigenvalue weighted by Gasteiger charge is 2.15. The van der Waals surface area contributed by atoms with Crippen molar-refractivity contribution in [3.8, 4) is 11.4 Å². The summed E-state index contributed by atoms with van der Waals surface area (Å²) in [6.45, 7) is 1.67. The van der Waals surface area contributed by atoms with Crippen LogP contribution in [-0.4, -0.2) is 31.5 Å². The van der Waals surface area contributed by atoms with Crippen molar-refractivity contribution in [3.63, 3.8) is 0 Å². The molecule has 28 heavy (non-hydrogen) atoms. The Balaban J connectivity index is 1.48. The largest absolute Gasteiger partial charge is 0.388 e. The van der Waals surface area contributed by atoms with Gasteiger partial charge in [0.1, 0.15) is 23.8 Å². The molecule has 4 rings (SSSR count). The van der Waals surface area contributed by atoms with Crippen LogP contribution in [0.2, 0.25) is 0 Å². The van der Waals surface area contributed by atoms with Crippen LogP contribution in [0.3, 0.4) is 0 Å². The Morgan fingerprint density at radius 1 is 1.29 bits per heavy atom. The number of aliphatic hydroxyl groups is 1. The number of benzene rings is 1. The molecule has 3 heterocycles. The fourth-order valence-corrected chi connectivity index (χ4v) is 2.85. The van der Waals surface area contributed by atoms with Gasteiger partial charge in [-0.2, -0.15) is 5.10 Å². The maximum atomic E-state index is 12.3. The van der Waals surface area contributed by atoms with Gasteiger partial charge < -0.3 is 14.9 Å². The molecule has 2 amide bonds. The zero-order valence-corrected chi connectivity index (χ0v) is 15.0. The summed E-state index contributed by atoms with van der Waals surface area (Å²) < 4.78 is 5.00. The maximum Gasteiger partial charge on any atom is 0.320 e. The number of urea groups is 1. The van der Waals surface area contributed by atoms with Gasteiger partial charge in [-0.15, -0.1) is 0 Å². The van der Waals surface area contributed by atoms with Crippen molar-refractivity contribution in [3.05, 3.63) is 60.0 Å². The number of carbonyl (C=O) groups is 1. The Morgan fingerprint density at radius 3 is 2.86 bits per heavy atom. The van der Waals surface area contributed by atoms with Gasteiger partial charge >= 0.3 is 6.03 Å². The number of nitrogens with zero attached hydrogens (tertiary/aromatic N) is 3. The molecule has 3 aromatic heterocycles. The first-order valence-electron chi connectivity index (χ1n) is 8.67. The Bertz CT molecular complexity index is 1110. The summed E-state index contributed by atoms with van der Waals surface area (Å²) in [6, 6.07) is 12.5. The first kappa shape index (κ1) is 17.7. The molecule has 0 bridgehead atoms. The van der Waals surface area contributed by atoms with Gasteiger partial charge in [-0.05, 0) is 12.5 Å². The molecule has 0 unspecified atom stereocenters. The molecule has 0 aliphatic carbocycles. The molecule has 0 aliphatic rings. The molecule has 0 saturated carbocycles. The third-order valence-corrected chi connectivity index (χ3v) is 4.29. The molecule has 0 radical (unpaired) electrons. The average molecular weight is 378 g/mol. The lowest BCUT2D eigenvalue weighted by atomic mass is 10.1. The van der Waals surface area contributed by atoms with E-state index in [0.29, 0.717) is 28.5 Å². The van der Waals surface area contributed by atoms with Crippen LogP contribution in [0.25, 0.3) is 22.3 Å². The zero-order chi connectivity index (χ0) is 19.5. The predicted molar refractivity (Wildman–Crippen MR) is 102 cm³/mol. The summed E-state index contributed by atoms with van der Waals surface area (Å²) in [5.41, 5.74) is 2.74. The minimum atomic E-state index is -0.355. The normalized spacial score (nSPS) is 12.1. The quantitative estimate of drug-likeness (QED) is 0.422. The topological polar surface area (TPSA) is 129 Å². The number of H-pyrrole nitrogens is 1. The van der Waals surface area contributed by atoms with Gasteiger partial charge in [0.25, 0.3) is 0 Å². The van der Waals surface area contributed by atoms with Crippen LogP contribution >= 0.6 is 0 Å². The fraction of sp³-hybridized carbons (Fsp3) is 0.158. The number of anilines is 1. The van der Waals surface area contributed by atoms with Gasteiger partial charge in [0.2, 0.25) is 0 Å². The SMILES string of the molecule is C[C@@H](NC(=O)Nc1cc2[nH]nc(-c3cc(CO)on3)c2cn1)c1ccccc1. The number of fused-ring (bicyclic) bond motifs is 1. The number of aromatic amines is 1. The number of hydrogen-bond acceptors (Lipinski definition) is 6. The van der Waals surface area contributed by atoms with E-state index in [-0.39, 0.29) is 18.7 Å². The second kappa shape index (κ2) is 7.49. The molecule has 1 atom stereocenters. The van der Waals surface area contributed by atoms with E-state index in [9.17, 15) is 4.79 Å². The van der Waals surface area contributed by atoms with Crippen LogP contribution in [0, 0.1) is 0 Å². The van der Waals surface area contributed by atoms with E-state index in [1.807, 2.05) is 37.3 Å². The van der Waals surface area contributed by atoms with Crippen molar-refractivity contribution in [2.24, 2.45) is 0 Å². The van der Waals surface area contributed by atoms with Crippen LogP contribution in [0.1, 0.15) is 24.3 Å². The van der Waals surface area contributed by atoms with Crippen LogP contribution in [0.4, 0.5) is 10.6 Å². The van der Waals surface area contributed by atoms with E-state index in [0.717, 1.165) is 10.9 Å². The standard InChI is InChI=1S/C19H18N6O3/c1-11(12-5-3-2-4-6-12)21-19(27)22-17-8-15-14(9-20-17)18(24-23-15)16-7-13(10-26)28-25-16/h2-9,11,26H,10H2,1H3,(H,23,24)(H2,20,21,22,27)/t11-/m1/s1. The highest BCUT2D eigenvalue weighted by Crippen LogP contribution is 2.26. The van der Waals surface area contributed by atoms with Crippen molar-refractivity contribution in [2.45, 2.75) is 19.6 Å². The minimum absolute atomic E-state index is 0.142. The van der Waals surface area contributed by atoms with Gasteiger partial charge in [0.15, 0.2) is 5.76 Å². The molecule has 0 fully saturated rings. The summed E-state index contributed by atoms with van der Waals surface area (Å²) >= 11 is 0. The van der Waals surface area contributed by atoms with E-state index in [1.165, 1.54) is 0 Å². The Hall–Kier alpha value is -3.72. The second-order valence-corrected chi connectivity index (χ2v) is 6.25. The number of carbonyl (C=O) groups excluding carboxylic acids is 1. The van der Waals surface area contributed by atoms with E-state index in [1.54, 1.807) is 18.3 Å². The van der Waals surface area contributed by atoms with Crippen LogP contribution in [0.15, 0.2) is 53.2 Å². The molecular weight excluding hydrogens is 360 g/mol. The van der Waals surface area contributed by atoms with Gasteiger partial charge in [-0.25, -0.2) is 9.78 Å². The van der Waals surface area contributed by atoms with Gasteiger partial charge in [-0.1, -0.05) is 35.5 Å². The second-order valence-electron chi connectivity index (χ2n) is 6.25. The van der Waals surface area contributed by atoms with Crippen molar-refractivity contribution >= 4 is 22.8 Å². The number of rotatable bonds is 5. The lowest BCUT2D eigenvalue weighted by Crippen LogP contribution is -2.31. The smallest absolute Gasteiger partial charge is 0.320 e. The molecule has 4 aromatic rings. The van der Waals surface area contributed by atoms with Crippen molar-refractivity contribution in [1.29, 1.82) is 0 Å². The first-order chi connectivity index (χ1) is 13.6. The molecule has 9 nitrogen and oxygen atoms in total. The molecule has 9 heteroatoms. The van der Waals surface area contributed by atoms with Gasteiger partial charge in [-0.3, -0.25) is 10.4 Å². The van der Waals surface area contributed by atoms with Crippen molar-refractivity contribution < 1.29 is 14.4 Å². The van der Waals surface area contributed by atoms with Crippen molar-refractivity contribution in [1.82, 2.24) is 25.7 Å². The Morgan fingerprint density at radius 2 is 2.11 bits per heavy atom.